The maximum Gasteiger partial charge on any atom is 0.328 e. The first kappa shape index (κ1) is 13.2. The van der Waals surface area contributed by atoms with Crippen molar-refractivity contribution >= 4 is 17.9 Å². The Morgan fingerprint density at radius 3 is 2.41 bits per heavy atom. The average molecular weight is 245 g/mol. The van der Waals surface area contributed by atoms with Gasteiger partial charge in [0.1, 0.15) is 0 Å². The van der Waals surface area contributed by atoms with Crippen molar-refractivity contribution in [2.24, 2.45) is 0 Å². The molecule has 0 aromatic heterocycles. The van der Waals surface area contributed by atoms with Gasteiger partial charge in [-0.15, -0.1) is 0 Å². The maximum absolute atomic E-state index is 11.2. The number of rotatable bonds is 6. The zero-order valence-corrected chi connectivity index (χ0v) is 9.10. The molecule has 1 fully saturated rings. The Kier molecular flexibility index (Phi) is 4.70. The molecule has 0 radical (unpaired) electrons. The second-order valence-electron chi connectivity index (χ2n) is 3.74. The lowest BCUT2D eigenvalue weighted by Gasteiger charge is -2.12. The lowest BCUT2D eigenvalue weighted by Crippen LogP contribution is -2.50. The fourth-order valence-corrected chi connectivity index (χ4v) is 1.06. The molecule has 0 spiro atoms. The maximum atomic E-state index is 11.2. The monoisotopic (exact) mass is 245 g/mol. The van der Waals surface area contributed by atoms with Gasteiger partial charge in [0.2, 0.25) is 5.91 Å². The second kappa shape index (κ2) is 6.04. The van der Waals surface area contributed by atoms with Gasteiger partial charge in [0, 0.05) is 6.04 Å². The van der Waals surface area contributed by atoms with E-state index in [-0.39, 0.29) is 18.5 Å². The number of urea groups is 1. The van der Waals surface area contributed by atoms with Gasteiger partial charge in [-0.05, 0) is 12.8 Å². The number of carboxylic acids is 1. The number of aliphatic hydroxyl groups is 1. The highest BCUT2D eigenvalue weighted by atomic mass is 16.4. The summed E-state index contributed by atoms with van der Waals surface area (Å²) in [6, 6.07) is -1.98. The van der Waals surface area contributed by atoms with E-state index in [2.05, 4.69) is 10.6 Å². The van der Waals surface area contributed by atoms with E-state index in [1.54, 1.807) is 0 Å². The Balaban J connectivity index is 2.19. The number of carbonyl (C=O) groups is 3. The summed E-state index contributed by atoms with van der Waals surface area (Å²) in [7, 11) is 0. The van der Waals surface area contributed by atoms with E-state index in [0.717, 1.165) is 12.8 Å². The molecule has 3 amide bonds. The van der Waals surface area contributed by atoms with E-state index in [0.29, 0.717) is 0 Å². The predicted octanol–water partition coefficient (Wildman–Crippen LogP) is -1.99. The number of carboxylic acid groups (broad SMARTS) is 1. The van der Waals surface area contributed by atoms with Gasteiger partial charge in [0.05, 0.1) is 13.2 Å². The summed E-state index contributed by atoms with van der Waals surface area (Å²) in [5, 5.41) is 24.1. The van der Waals surface area contributed by atoms with Gasteiger partial charge in [0.15, 0.2) is 6.04 Å². The number of aliphatic hydroxyl groups excluding tert-OH is 1. The van der Waals surface area contributed by atoms with Crippen LogP contribution in [-0.2, 0) is 9.59 Å². The third-order valence-corrected chi connectivity index (χ3v) is 2.14. The first-order valence-electron chi connectivity index (χ1n) is 5.20. The molecular formula is C9H15N3O5. The van der Waals surface area contributed by atoms with Crippen molar-refractivity contribution in [3.05, 3.63) is 0 Å². The minimum Gasteiger partial charge on any atom is -0.480 e. The Bertz CT molecular complexity index is 316. The number of hydrogen-bond acceptors (Lipinski definition) is 4. The molecule has 0 saturated heterocycles. The van der Waals surface area contributed by atoms with Crippen LogP contribution in [0.5, 0.6) is 0 Å². The third kappa shape index (κ3) is 5.16. The highest BCUT2D eigenvalue weighted by Gasteiger charge is 2.23. The van der Waals surface area contributed by atoms with Gasteiger partial charge < -0.3 is 26.2 Å². The number of hydrogen-bond donors (Lipinski definition) is 5. The van der Waals surface area contributed by atoms with Crippen LogP contribution in [-0.4, -0.2) is 53.4 Å². The van der Waals surface area contributed by atoms with Crippen LogP contribution < -0.4 is 16.0 Å². The standard InChI is InChI=1S/C9H15N3O5/c13-4-6(8(15)16)12-9(17)10-3-7(14)11-5-1-2-5/h5-6,13H,1-4H2,(H,11,14)(H,15,16)(H2,10,12,17)/t6-/m1/s1. The molecular weight excluding hydrogens is 230 g/mol. The SMILES string of the molecule is O=C(CNC(=O)N[C@H](CO)C(=O)O)NC1CC1. The molecule has 1 aliphatic carbocycles. The van der Waals surface area contributed by atoms with Crippen molar-refractivity contribution in [3.63, 3.8) is 0 Å². The van der Waals surface area contributed by atoms with Crippen LogP contribution in [0.25, 0.3) is 0 Å². The number of carbonyl (C=O) groups excluding carboxylic acids is 2. The summed E-state index contributed by atoms with van der Waals surface area (Å²) in [5.41, 5.74) is 0. The zero-order chi connectivity index (χ0) is 12.8. The van der Waals surface area contributed by atoms with Crippen LogP contribution in [0.2, 0.25) is 0 Å². The predicted molar refractivity (Wildman–Crippen MR) is 56.2 cm³/mol. The molecule has 1 rings (SSSR count). The summed E-state index contributed by atoms with van der Waals surface area (Å²) in [6.07, 6.45) is 1.90. The molecule has 96 valence electrons. The Hall–Kier alpha value is -1.83. The van der Waals surface area contributed by atoms with Crippen LogP contribution in [0.4, 0.5) is 4.79 Å². The molecule has 17 heavy (non-hydrogen) atoms. The molecule has 0 aromatic rings. The summed E-state index contributed by atoms with van der Waals surface area (Å²) >= 11 is 0. The van der Waals surface area contributed by atoms with Crippen molar-refractivity contribution in [1.29, 1.82) is 0 Å². The fourth-order valence-electron chi connectivity index (χ4n) is 1.06. The zero-order valence-electron chi connectivity index (χ0n) is 9.10. The highest BCUT2D eigenvalue weighted by Crippen LogP contribution is 2.18. The minimum atomic E-state index is -1.37. The molecule has 1 aliphatic rings. The van der Waals surface area contributed by atoms with Crippen LogP contribution in [0.15, 0.2) is 0 Å². The number of amides is 3. The van der Waals surface area contributed by atoms with Crippen LogP contribution in [0.3, 0.4) is 0 Å². The summed E-state index contributed by atoms with van der Waals surface area (Å²) < 4.78 is 0. The number of aliphatic carboxylic acids is 1. The summed E-state index contributed by atoms with van der Waals surface area (Å²) in [4.78, 5) is 32.8. The fraction of sp³-hybridized carbons (Fsp3) is 0.667. The Labute approximate surface area is 97.4 Å². The summed E-state index contributed by atoms with van der Waals surface area (Å²) in [6.45, 7) is -0.933. The smallest absolute Gasteiger partial charge is 0.328 e. The quantitative estimate of drug-likeness (QED) is 0.370. The molecule has 5 N–H and O–H groups in total. The first-order valence-corrected chi connectivity index (χ1v) is 5.20. The van der Waals surface area contributed by atoms with Crippen molar-refractivity contribution in [2.75, 3.05) is 13.2 Å². The van der Waals surface area contributed by atoms with Gasteiger partial charge in [-0.1, -0.05) is 0 Å². The number of nitrogens with one attached hydrogen (secondary N) is 3. The van der Waals surface area contributed by atoms with Gasteiger partial charge in [-0.3, -0.25) is 4.79 Å². The van der Waals surface area contributed by atoms with Crippen molar-refractivity contribution in [2.45, 2.75) is 24.9 Å². The highest BCUT2D eigenvalue weighted by molar-refractivity contribution is 5.86. The van der Waals surface area contributed by atoms with Crippen molar-refractivity contribution in [1.82, 2.24) is 16.0 Å². The Morgan fingerprint density at radius 2 is 1.94 bits per heavy atom. The van der Waals surface area contributed by atoms with E-state index in [1.165, 1.54) is 0 Å². The van der Waals surface area contributed by atoms with Crippen LogP contribution in [0.1, 0.15) is 12.8 Å². The Morgan fingerprint density at radius 1 is 1.29 bits per heavy atom. The van der Waals surface area contributed by atoms with Gasteiger partial charge >= 0.3 is 12.0 Å². The van der Waals surface area contributed by atoms with E-state index >= 15 is 0 Å². The molecule has 0 unspecified atom stereocenters. The minimum absolute atomic E-state index is 0.205. The largest absolute Gasteiger partial charge is 0.480 e. The molecule has 0 aromatic carbocycles. The topological polar surface area (TPSA) is 128 Å². The van der Waals surface area contributed by atoms with Gasteiger partial charge in [-0.2, -0.15) is 0 Å². The second-order valence-corrected chi connectivity index (χ2v) is 3.74. The molecule has 1 atom stereocenters. The van der Waals surface area contributed by atoms with E-state index in [4.69, 9.17) is 10.2 Å². The average Bonchev–Trinajstić information content (AvgIpc) is 3.06. The van der Waals surface area contributed by atoms with Gasteiger partial charge in [-0.25, -0.2) is 9.59 Å². The van der Waals surface area contributed by atoms with Crippen LogP contribution in [0, 0.1) is 0 Å². The molecule has 0 aliphatic heterocycles. The summed E-state index contributed by atoms with van der Waals surface area (Å²) in [5.74, 6) is -1.66. The van der Waals surface area contributed by atoms with Crippen LogP contribution >= 0.6 is 0 Å². The van der Waals surface area contributed by atoms with E-state index in [1.807, 2.05) is 5.32 Å². The molecule has 8 nitrogen and oxygen atoms in total. The third-order valence-electron chi connectivity index (χ3n) is 2.14. The molecule has 8 heteroatoms. The molecule has 0 heterocycles. The lowest BCUT2D eigenvalue weighted by atomic mass is 10.3. The molecule has 0 bridgehead atoms. The molecule has 1 saturated carbocycles. The van der Waals surface area contributed by atoms with Crippen molar-refractivity contribution < 1.29 is 24.6 Å². The normalized spacial score (nSPS) is 15.8. The van der Waals surface area contributed by atoms with Gasteiger partial charge in [0.25, 0.3) is 0 Å². The van der Waals surface area contributed by atoms with E-state index < -0.39 is 24.6 Å². The first-order chi connectivity index (χ1) is 8.02. The van der Waals surface area contributed by atoms with Crippen molar-refractivity contribution in [3.8, 4) is 0 Å². The van der Waals surface area contributed by atoms with E-state index in [9.17, 15) is 14.4 Å². The lowest BCUT2D eigenvalue weighted by molar-refractivity contribution is -0.140.